The summed E-state index contributed by atoms with van der Waals surface area (Å²) in [6.45, 7) is 12.5. The zero-order chi connectivity index (χ0) is 13.7. The topological polar surface area (TPSA) is 55.8 Å². The third-order valence-corrected chi connectivity index (χ3v) is 4.30. The van der Waals surface area contributed by atoms with Gasteiger partial charge in [-0.1, -0.05) is 6.58 Å². The normalized spacial score (nSPS) is 12.3. The van der Waals surface area contributed by atoms with Crippen LogP contribution in [0.15, 0.2) is 12.7 Å². The molecule has 0 radical (unpaired) electrons. The van der Waals surface area contributed by atoms with Crippen molar-refractivity contribution in [3.05, 3.63) is 12.7 Å². The maximum Gasteiger partial charge on any atom is 0.438 e. The summed E-state index contributed by atoms with van der Waals surface area (Å²) in [7, 11) is -3.61. The molecular formula is C11H22NO4P. The van der Waals surface area contributed by atoms with Crippen LogP contribution in [0.1, 0.15) is 34.6 Å². The van der Waals surface area contributed by atoms with Gasteiger partial charge in [0.2, 0.25) is 0 Å². The minimum absolute atomic E-state index is 0.203. The molecule has 0 aliphatic rings. The van der Waals surface area contributed by atoms with Gasteiger partial charge < -0.3 is 0 Å². The first-order chi connectivity index (χ1) is 7.72. The van der Waals surface area contributed by atoms with Gasteiger partial charge in [-0.2, -0.15) is 0 Å². The molecule has 0 saturated carbocycles. The minimum Gasteiger partial charge on any atom is -0.292 e. The number of amides is 1. The van der Waals surface area contributed by atoms with Gasteiger partial charge in [0.1, 0.15) is 0 Å². The Bertz CT molecular complexity index is 312. The van der Waals surface area contributed by atoms with Crippen molar-refractivity contribution in [1.29, 1.82) is 0 Å². The van der Waals surface area contributed by atoms with Crippen LogP contribution in [0.25, 0.3) is 0 Å². The van der Waals surface area contributed by atoms with Crippen LogP contribution in [0.4, 0.5) is 0 Å². The Balaban J connectivity index is 5.45. The molecule has 1 amide bonds. The average Bonchev–Trinajstić information content (AvgIpc) is 2.15. The van der Waals surface area contributed by atoms with Crippen LogP contribution in [-0.4, -0.2) is 29.3 Å². The van der Waals surface area contributed by atoms with Gasteiger partial charge in [-0.05, 0) is 40.7 Å². The summed E-state index contributed by atoms with van der Waals surface area (Å²) >= 11 is 0. The van der Waals surface area contributed by atoms with Crippen molar-refractivity contribution < 1.29 is 18.4 Å². The van der Waals surface area contributed by atoms with Gasteiger partial charge in [0, 0.05) is 5.54 Å². The number of rotatable bonds is 6. The molecule has 0 atom stereocenters. The Morgan fingerprint density at radius 2 is 1.71 bits per heavy atom. The number of carbonyl (C=O) groups excluding carboxylic acids is 1. The van der Waals surface area contributed by atoms with E-state index >= 15 is 0 Å². The van der Waals surface area contributed by atoms with Crippen molar-refractivity contribution in [3.63, 3.8) is 0 Å². The lowest BCUT2D eigenvalue weighted by Crippen LogP contribution is -2.43. The van der Waals surface area contributed by atoms with Crippen LogP contribution < -0.4 is 0 Å². The molecule has 17 heavy (non-hydrogen) atoms. The molecule has 0 unspecified atom stereocenters. The predicted octanol–water partition coefficient (Wildman–Crippen LogP) is 2.98. The molecule has 0 spiro atoms. The molecule has 0 aromatic heterocycles. The van der Waals surface area contributed by atoms with Crippen LogP contribution in [0, 0.1) is 0 Å². The Kier molecular flexibility index (Phi) is 6.10. The average molecular weight is 263 g/mol. The Labute approximate surface area is 103 Å². The van der Waals surface area contributed by atoms with Gasteiger partial charge in [0.15, 0.2) is 0 Å². The predicted molar refractivity (Wildman–Crippen MR) is 67.7 cm³/mol. The quantitative estimate of drug-likeness (QED) is 0.546. The lowest BCUT2D eigenvalue weighted by atomic mass is 10.1. The van der Waals surface area contributed by atoms with Crippen LogP contribution in [0.3, 0.4) is 0 Å². The zero-order valence-corrected chi connectivity index (χ0v) is 12.1. The summed E-state index contributed by atoms with van der Waals surface area (Å²) in [5.41, 5.74) is -0.675. The second-order valence-corrected chi connectivity index (χ2v) is 6.18. The molecule has 5 nitrogen and oxygen atoms in total. The lowest BCUT2D eigenvalue weighted by Gasteiger charge is -2.38. The number of hydrogen-bond donors (Lipinski definition) is 0. The largest absolute Gasteiger partial charge is 0.438 e. The fraction of sp³-hybridized carbons (Fsp3) is 0.727. The van der Waals surface area contributed by atoms with Gasteiger partial charge in [0.25, 0.3) is 5.91 Å². The fourth-order valence-electron chi connectivity index (χ4n) is 1.38. The van der Waals surface area contributed by atoms with Crippen molar-refractivity contribution in [2.24, 2.45) is 0 Å². The van der Waals surface area contributed by atoms with Crippen LogP contribution >= 0.6 is 7.75 Å². The third kappa shape index (κ3) is 4.26. The van der Waals surface area contributed by atoms with Crippen LogP contribution in [0.2, 0.25) is 0 Å². The molecule has 0 bridgehead atoms. The highest BCUT2D eigenvalue weighted by Crippen LogP contribution is 2.55. The second-order valence-electron chi connectivity index (χ2n) is 4.33. The second kappa shape index (κ2) is 6.34. The highest BCUT2D eigenvalue weighted by atomic mass is 31.2. The SMILES string of the molecule is C=CC(=O)N(C(C)(C)C)P(=O)(OCC)OCC. The molecule has 0 aliphatic heterocycles. The summed E-state index contributed by atoms with van der Waals surface area (Å²) in [5, 5.41) is 0. The monoisotopic (exact) mass is 263 g/mol. The van der Waals surface area contributed by atoms with Crippen LogP contribution in [-0.2, 0) is 18.4 Å². The van der Waals surface area contributed by atoms with E-state index in [0.717, 1.165) is 10.7 Å². The molecular weight excluding hydrogens is 241 g/mol. The molecule has 0 aromatic rings. The van der Waals surface area contributed by atoms with E-state index in [-0.39, 0.29) is 13.2 Å². The highest BCUT2D eigenvalue weighted by molar-refractivity contribution is 7.52. The van der Waals surface area contributed by atoms with Crippen LogP contribution in [0.5, 0.6) is 0 Å². The third-order valence-electron chi connectivity index (χ3n) is 1.85. The van der Waals surface area contributed by atoms with E-state index in [9.17, 15) is 9.36 Å². The maximum absolute atomic E-state index is 12.6. The summed E-state index contributed by atoms with van der Waals surface area (Å²) in [4.78, 5) is 11.8. The summed E-state index contributed by atoms with van der Waals surface area (Å²) in [6, 6.07) is 0. The van der Waals surface area contributed by atoms with E-state index in [2.05, 4.69) is 6.58 Å². The van der Waals surface area contributed by atoms with E-state index in [0.29, 0.717) is 0 Å². The number of hydrogen-bond acceptors (Lipinski definition) is 4. The van der Waals surface area contributed by atoms with Gasteiger partial charge in [-0.15, -0.1) is 0 Å². The molecule has 0 saturated heterocycles. The Morgan fingerprint density at radius 3 is 1.94 bits per heavy atom. The van der Waals surface area contributed by atoms with E-state index in [1.54, 1.807) is 34.6 Å². The smallest absolute Gasteiger partial charge is 0.292 e. The van der Waals surface area contributed by atoms with Crippen molar-refractivity contribution in [2.75, 3.05) is 13.2 Å². The van der Waals surface area contributed by atoms with Gasteiger partial charge in [-0.25, -0.2) is 9.24 Å². The van der Waals surface area contributed by atoms with Gasteiger partial charge in [0.05, 0.1) is 13.2 Å². The maximum atomic E-state index is 12.6. The molecule has 6 heteroatoms. The Morgan fingerprint density at radius 1 is 1.29 bits per heavy atom. The summed E-state index contributed by atoms with van der Waals surface area (Å²) < 4.78 is 24.0. The zero-order valence-electron chi connectivity index (χ0n) is 11.2. The minimum atomic E-state index is -3.61. The summed E-state index contributed by atoms with van der Waals surface area (Å²) in [6.07, 6.45) is 1.11. The van der Waals surface area contributed by atoms with E-state index in [1.165, 1.54) is 0 Å². The fourth-order valence-corrected chi connectivity index (χ4v) is 3.40. The molecule has 100 valence electrons. The number of carbonyl (C=O) groups is 1. The number of nitrogens with zero attached hydrogens (tertiary/aromatic N) is 1. The first-order valence-electron chi connectivity index (χ1n) is 5.59. The lowest BCUT2D eigenvalue weighted by molar-refractivity contribution is -0.126. The first-order valence-corrected chi connectivity index (χ1v) is 7.08. The standard InChI is InChI=1S/C11H22NO4P/c1-7-10(13)12(11(4,5)6)17(14,15-8-2)16-9-3/h7H,1,8-9H2,2-6H3. The molecule has 0 aliphatic carbocycles. The molecule has 0 aromatic carbocycles. The molecule has 0 fully saturated rings. The molecule has 0 N–H and O–H groups in total. The van der Waals surface area contributed by atoms with Crippen molar-refractivity contribution in [1.82, 2.24) is 4.67 Å². The van der Waals surface area contributed by atoms with Gasteiger partial charge >= 0.3 is 7.75 Å². The molecule has 0 rings (SSSR count). The van der Waals surface area contributed by atoms with E-state index in [1.807, 2.05) is 0 Å². The Hall–Kier alpha value is -0.640. The summed E-state index contributed by atoms with van der Waals surface area (Å²) in [5.74, 6) is -0.470. The van der Waals surface area contributed by atoms with Crippen molar-refractivity contribution in [2.45, 2.75) is 40.2 Å². The van der Waals surface area contributed by atoms with Gasteiger partial charge in [-0.3, -0.25) is 13.8 Å². The highest BCUT2D eigenvalue weighted by Gasteiger charge is 2.43. The van der Waals surface area contributed by atoms with Crippen molar-refractivity contribution in [3.8, 4) is 0 Å². The first kappa shape index (κ1) is 16.4. The molecule has 0 heterocycles. The van der Waals surface area contributed by atoms with Crippen molar-refractivity contribution >= 4 is 13.7 Å². The van der Waals surface area contributed by atoms with E-state index < -0.39 is 19.2 Å². The van der Waals surface area contributed by atoms with E-state index in [4.69, 9.17) is 9.05 Å².